The zero-order valence-corrected chi connectivity index (χ0v) is 15.7. The molecule has 0 aliphatic carbocycles. The molecule has 3 aromatic heterocycles. The maximum absolute atomic E-state index is 11.9. The molecule has 0 aromatic carbocycles. The van der Waals surface area contributed by atoms with Crippen LogP contribution in [0.4, 0.5) is 0 Å². The summed E-state index contributed by atoms with van der Waals surface area (Å²) in [6, 6.07) is 7.34. The summed E-state index contributed by atoms with van der Waals surface area (Å²) < 4.78 is 30.8. The lowest BCUT2D eigenvalue weighted by Gasteiger charge is -2.11. The molecule has 1 unspecified atom stereocenters. The van der Waals surface area contributed by atoms with Gasteiger partial charge in [-0.3, -0.25) is 0 Å². The number of pyridine rings is 2. The first-order valence-corrected chi connectivity index (χ1v) is 10.3. The first kappa shape index (κ1) is 17.0. The number of nitrogens with zero attached hydrogens (tertiary/aromatic N) is 4. The molecule has 1 fully saturated rings. The predicted molar refractivity (Wildman–Crippen MR) is 99.1 cm³/mol. The van der Waals surface area contributed by atoms with Crippen molar-refractivity contribution in [1.82, 2.24) is 19.7 Å². The Hall–Kier alpha value is -2.48. The van der Waals surface area contributed by atoms with Crippen LogP contribution in [0.1, 0.15) is 23.7 Å². The number of aryl methyl sites for hydroxylation is 2. The summed E-state index contributed by atoms with van der Waals surface area (Å²) in [5.74, 6) is 0.841. The molecule has 3 aromatic rings. The van der Waals surface area contributed by atoms with Crippen molar-refractivity contribution < 1.29 is 13.2 Å². The third-order valence-electron chi connectivity index (χ3n) is 4.78. The fourth-order valence-corrected chi connectivity index (χ4v) is 5.24. The van der Waals surface area contributed by atoms with Crippen LogP contribution in [0.25, 0.3) is 22.4 Å². The summed E-state index contributed by atoms with van der Waals surface area (Å²) >= 11 is 0. The molecule has 0 saturated carbocycles. The van der Waals surface area contributed by atoms with Gasteiger partial charge in [0.15, 0.2) is 15.5 Å². The quantitative estimate of drug-likeness (QED) is 0.702. The van der Waals surface area contributed by atoms with Crippen molar-refractivity contribution in [3.05, 3.63) is 35.5 Å². The standard InChI is InChI=1S/C18H20N4O3S/c1-11-9-15(14-5-4-6-16(19-14)25-3)20-18-17(11)12(2)21-22(18)13-7-8-26(23,24)10-13/h4-6,9,13H,7-8,10H2,1-3H3. The van der Waals surface area contributed by atoms with Crippen molar-refractivity contribution in [2.75, 3.05) is 18.6 Å². The summed E-state index contributed by atoms with van der Waals surface area (Å²) in [7, 11) is -1.43. The summed E-state index contributed by atoms with van der Waals surface area (Å²) in [5, 5.41) is 5.58. The summed E-state index contributed by atoms with van der Waals surface area (Å²) in [5.41, 5.74) is 4.04. The van der Waals surface area contributed by atoms with Gasteiger partial charge in [0.05, 0.1) is 41.7 Å². The Balaban J connectivity index is 1.89. The summed E-state index contributed by atoms with van der Waals surface area (Å²) in [4.78, 5) is 9.24. The predicted octanol–water partition coefficient (Wildman–Crippen LogP) is 2.48. The number of methoxy groups -OCH3 is 1. The molecule has 0 bridgehead atoms. The maximum atomic E-state index is 11.9. The highest BCUT2D eigenvalue weighted by molar-refractivity contribution is 7.91. The van der Waals surface area contributed by atoms with Gasteiger partial charge in [0.2, 0.25) is 5.88 Å². The van der Waals surface area contributed by atoms with E-state index >= 15 is 0 Å². The minimum atomic E-state index is -3.00. The molecule has 26 heavy (non-hydrogen) atoms. The van der Waals surface area contributed by atoms with Crippen LogP contribution in [0.5, 0.6) is 5.88 Å². The SMILES string of the molecule is COc1cccc(-c2cc(C)c3c(C)nn(C4CCS(=O)(=O)C4)c3n2)n1. The number of ether oxygens (including phenoxy) is 1. The summed E-state index contributed by atoms with van der Waals surface area (Å²) in [6.45, 7) is 3.94. The van der Waals surface area contributed by atoms with Gasteiger partial charge in [-0.15, -0.1) is 0 Å². The van der Waals surface area contributed by atoms with Crippen LogP contribution in [0.15, 0.2) is 24.3 Å². The highest BCUT2D eigenvalue weighted by Gasteiger charge is 2.31. The molecule has 136 valence electrons. The first-order chi connectivity index (χ1) is 12.4. The summed E-state index contributed by atoms with van der Waals surface area (Å²) in [6.07, 6.45) is 0.570. The molecule has 7 nitrogen and oxygen atoms in total. The molecule has 0 N–H and O–H groups in total. The lowest BCUT2D eigenvalue weighted by molar-refractivity contribution is 0.398. The van der Waals surface area contributed by atoms with Gasteiger partial charge in [-0.05, 0) is 38.0 Å². The molecule has 0 amide bonds. The monoisotopic (exact) mass is 372 g/mol. The van der Waals surface area contributed by atoms with Gasteiger partial charge in [-0.2, -0.15) is 5.10 Å². The number of rotatable bonds is 3. The molecule has 8 heteroatoms. The number of sulfone groups is 1. The third-order valence-corrected chi connectivity index (χ3v) is 6.53. The smallest absolute Gasteiger partial charge is 0.213 e. The third kappa shape index (κ3) is 2.84. The van der Waals surface area contributed by atoms with Crippen LogP contribution in [-0.4, -0.2) is 46.8 Å². The van der Waals surface area contributed by atoms with E-state index < -0.39 is 9.84 Å². The van der Waals surface area contributed by atoms with E-state index in [0.717, 1.165) is 22.3 Å². The minimum absolute atomic E-state index is 0.117. The fourth-order valence-electron chi connectivity index (χ4n) is 3.55. The Morgan fingerprint density at radius 3 is 2.69 bits per heavy atom. The van der Waals surface area contributed by atoms with Crippen molar-refractivity contribution in [3.63, 3.8) is 0 Å². The normalized spacial score (nSPS) is 19.1. The molecular formula is C18H20N4O3S. The van der Waals surface area contributed by atoms with E-state index in [4.69, 9.17) is 9.72 Å². The average Bonchev–Trinajstić information content (AvgIpc) is 3.14. The van der Waals surface area contributed by atoms with Gasteiger partial charge < -0.3 is 4.74 Å². The molecule has 1 aliphatic heterocycles. The van der Waals surface area contributed by atoms with Gasteiger partial charge in [-0.25, -0.2) is 23.1 Å². The Labute approximate surface area is 152 Å². The highest BCUT2D eigenvalue weighted by Crippen LogP contribution is 2.31. The van der Waals surface area contributed by atoms with Gasteiger partial charge in [0, 0.05) is 11.5 Å². The van der Waals surface area contributed by atoms with Crippen molar-refractivity contribution in [2.24, 2.45) is 0 Å². The Morgan fingerprint density at radius 1 is 1.19 bits per heavy atom. The number of aromatic nitrogens is 4. The van der Waals surface area contributed by atoms with E-state index in [9.17, 15) is 8.42 Å². The second kappa shape index (κ2) is 6.05. The molecular weight excluding hydrogens is 352 g/mol. The zero-order chi connectivity index (χ0) is 18.5. The molecule has 0 radical (unpaired) electrons. The van der Waals surface area contributed by atoms with Crippen molar-refractivity contribution in [2.45, 2.75) is 26.3 Å². The van der Waals surface area contributed by atoms with E-state index in [-0.39, 0.29) is 17.5 Å². The van der Waals surface area contributed by atoms with E-state index in [1.807, 2.05) is 32.0 Å². The van der Waals surface area contributed by atoms with Gasteiger partial charge in [-0.1, -0.05) is 6.07 Å². The second-order valence-electron chi connectivity index (χ2n) is 6.68. The van der Waals surface area contributed by atoms with Gasteiger partial charge >= 0.3 is 0 Å². The van der Waals surface area contributed by atoms with Crippen LogP contribution in [0, 0.1) is 13.8 Å². The number of hydrogen-bond acceptors (Lipinski definition) is 6. The molecule has 4 heterocycles. The topological polar surface area (TPSA) is 87.0 Å². The zero-order valence-electron chi connectivity index (χ0n) is 14.9. The Kier molecular flexibility index (Phi) is 3.95. The molecule has 1 aliphatic rings. The number of fused-ring (bicyclic) bond motifs is 1. The van der Waals surface area contributed by atoms with Gasteiger partial charge in [0.25, 0.3) is 0 Å². The van der Waals surface area contributed by atoms with E-state index in [1.54, 1.807) is 17.9 Å². The Bertz CT molecular complexity index is 1110. The molecule has 1 atom stereocenters. The largest absolute Gasteiger partial charge is 0.481 e. The molecule has 0 spiro atoms. The fraction of sp³-hybridized carbons (Fsp3) is 0.389. The second-order valence-corrected chi connectivity index (χ2v) is 8.90. The maximum Gasteiger partial charge on any atom is 0.213 e. The minimum Gasteiger partial charge on any atom is -0.481 e. The lowest BCUT2D eigenvalue weighted by Crippen LogP contribution is -2.13. The molecule has 4 rings (SSSR count). The number of hydrogen-bond donors (Lipinski definition) is 0. The van der Waals surface area contributed by atoms with E-state index in [2.05, 4.69) is 10.1 Å². The Morgan fingerprint density at radius 2 is 2.00 bits per heavy atom. The molecule has 1 saturated heterocycles. The van der Waals surface area contributed by atoms with Crippen LogP contribution < -0.4 is 4.74 Å². The average molecular weight is 372 g/mol. The first-order valence-electron chi connectivity index (χ1n) is 8.46. The van der Waals surface area contributed by atoms with E-state index in [1.165, 1.54) is 0 Å². The van der Waals surface area contributed by atoms with Crippen molar-refractivity contribution in [3.8, 4) is 17.3 Å². The van der Waals surface area contributed by atoms with Crippen LogP contribution >= 0.6 is 0 Å². The highest BCUT2D eigenvalue weighted by atomic mass is 32.2. The lowest BCUT2D eigenvalue weighted by atomic mass is 10.1. The van der Waals surface area contributed by atoms with Crippen LogP contribution in [0.2, 0.25) is 0 Å². The van der Waals surface area contributed by atoms with Crippen molar-refractivity contribution in [1.29, 1.82) is 0 Å². The van der Waals surface area contributed by atoms with E-state index in [0.29, 0.717) is 23.6 Å². The van der Waals surface area contributed by atoms with Gasteiger partial charge in [0.1, 0.15) is 0 Å². The van der Waals surface area contributed by atoms with Crippen molar-refractivity contribution >= 4 is 20.9 Å². The van der Waals surface area contributed by atoms with Crippen LogP contribution in [0.3, 0.4) is 0 Å². The van der Waals surface area contributed by atoms with Crippen LogP contribution in [-0.2, 0) is 9.84 Å².